The van der Waals surface area contributed by atoms with Crippen LogP contribution in [0.25, 0.3) is 11.3 Å². The summed E-state index contributed by atoms with van der Waals surface area (Å²) in [4.78, 5) is 32.6. The Labute approximate surface area is 169 Å². The Morgan fingerprint density at radius 3 is 2.97 bits per heavy atom. The van der Waals surface area contributed by atoms with E-state index in [4.69, 9.17) is 4.52 Å². The molecule has 0 aromatic carbocycles. The molecule has 0 spiro atoms. The van der Waals surface area contributed by atoms with Crippen LogP contribution in [-0.4, -0.2) is 64.5 Å². The highest BCUT2D eigenvalue weighted by Crippen LogP contribution is 2.46. The number of carbonyl (C=O) groups is 2. The van der Waals surface area contributed by atoms with Gasteiger partial charge in [-0.2, -0.15) is 0 Å². The van der Waals surface area contributed by atoms with Crippen LogP contribution in [0.2, 0.25) is 0 Å². The molecule has 152 valence electrons. The lowest BCUT2D eigenvalue weighted by Gasteiger charge is -2.51. The smallest absolute Gasteiger partial charge is 0.239 e. The lowest BCUT2D eigenvalue weighted by atomic mass is 9.61. The molecule has 1 saturated carbocycles. The molecule has 2 aromatic heterocycles. The fraction of sp³-hybridized carbons (Fsp3) is 0.524. The first-order valence-corrected chi connectivity index (χ1v) is 10.3. The summed E-state index contributed by atoms with van der Waals surface area (Å²) in [6, 6.07) is 5.81. The predicted octanol–water partition coefficient (Wildman–Crippen LogP) is 1.15. The SMILES string of the molecule is O=C1CN(C(=O)[C@@H]2C[C@H]3CCN(Cc4cc(-c5ccncc5)no4)C[C@H]32)CCN1. The number of pyridine rings is 1. The minimum atomic E-state index is -0.0546. The van der Waals surface area contributed by atoms with Crippen LogP contribution in [0.4, 0.5) is 0 Å². The first-order chi connectivity index (χ1) is 14.2. The number of nitrogens with one attached hydrogen (secondary N) is 1. The van der Waals surface area contributed by atoms with Crippen molar-refractivity contribution in [1.29, 1.82) is 0 Å². The van der Waals surface area contributed by atoms with E-state index >= 15 is 0 Å². The largest absolute Gasteiger partial charge is 0.359 e. The molecule has 4 heterocycles. The molecule has 5 rings (SSSR count). The molecule has 3 aliphatic rings. The van der Waals surface area contributed by atoms with Crippen LogP contribution in [0.1, 0.15) is 18.6 Å². The lowest BCUT2D eigenvalue weighted by molar-refractivity contribution is -0.151. The normalized spacial score (nSPS) is 27.1. The number of amides is 2. The van der Waals surface area contributed by atoms with E-state index in [1.165, 1.54) is 0 Å². The Bertz CT molecular complexity index is 899. The van der Waals surface area contributed by atoms with E-state index < -0.39 is 0 Å². The van der Waals surface area contributed by atoms with Crippen molar-refractivity contribution in [3.8, 4) is 11.3 Å². The van der Waals surface area contributed by atoms with Gasteiger partial charge in [-0.1, -0.05) is 5.16 Å². The first kappa shape index (κ1) is 18.3. The van der Waals surface area contributed by atoms with Crippen LogP contribution in [0.15, 0.2) is 35.1 Å². The van der Waals surface area contributed by atoms with Crippen LogP contribution < -0.4 is 5.32 Å². The second-order valence-corrected chi connectivity index (χ2v) is 8.31. The van der Waals surface area contributed by atoms with Crippen molar-refractivity contribution in [3.05, 3.63) is 36.4 Å². The fourth-order valence-corrected chi connectivity index (χ4v) is 4.91. The first-order valence-electron chi connectivity index (χ1n) is 10.3. The molecule has 0 unspecified atom stereocenters. The van der Waals surface area contributed by atoms with Gasteiger partial charge in [-0.05, 0) is 43.4 Å². The van der Waals surface area contributed by atoms with E-state index in [0.29, 0.717) is 31.5 Å². The van der Waals surface area contributed by atoms with Crippen molar-refractivity contribution >= 4 is 11.8 Å². The number of fused-ring (bicyclic) bond motifs is 1. The minimum Gasteiger partial charge on any atom is -0.359 e. The van der Waals surface area contributed by atoms with Gasteiger partial charge in [0.05, 0.1) is 13.1 Å². The van der Waals surface area contributed by atoms with Gasteiger partial charge >= 0.3 is 0 Å². The number of rotatable bonds is 4. The van der Waals surface area contributed by atoms with Crippen molar-refractivity contribution in [2.24, 2.45) is 17.8 Å². The van der Waals surface area contributed by atoms with Crippen molar-refractivity contribution in [2.45, 2.75) is 19.4 Å². The van der Waals surface area contributed by atoms with Gasteiger partial charge < -0.3 is 14.7 Å². The van der Waals surface area contributed by atoms with Crippen LogP contribution in [-0.2, 0) is 16.1 Å². The molecular weight excluding hydrogens is 370 g/mol. The molecule has 2 amide bonds. The molecule has 3 atom stereocenters. The summed E-state index contributed by atoms with van der Waals surface area (Å²) in [5.74, 6) is 1.99. The predicted molar refractivity (Wildman–Crippen MR) is 104 cm³/mol. The highest BCUT2D eigenvalue weighted by molar-refractivity contribution is 5.87. The van der Waals surface area contributed by atoms with Gasteiger partial charge in [0.1, 0.15) is 5.69 Å². The van der Waals surface area contributed by atoms with E-state index in [-0.39, 0.29) is 24.3 Å². The van der Waals surface area contributed by atoms with E-state index in [1.54, 1.807) is 17.3 Å². The summed E-state index contributed by atoms with van der Waals surface area (Å²) in [6.07, 6.45) is 5.56. The van der Waals surface area contributed by atoms with Crippen LogP contribution in [0.5, 0.6) is 0 Å². The molecule has 8 heteroatoms. The summed E-state index contributed by atoms with van der Waals surface area (Å²) >= 11 is 0. The topological polar surface area (TPSA) is 91.6 Å². The number of piperidine rings is 1. The third-order valence-corrected chi connectivity index (χ3v) is 6.55. The average molecular weight is 395 g/mol. The molecule has 1 N–H and O–H groups in total. The van der Waals surface area contributed by atoms with E-state index in [0.717, 1.165) is 42.9 Å². The molecule has 2 aliphatic heterocycles. The third kappa shape index (κ3) is 3.64. The zero-order valence-corrected chi connectivity index (χ0v) is 16.3. The zero-order valence-electron chi connectivity index (χ0n) is 16.3. The Morgan fingerprint density at radius 1 is 1.28 bits per heavy atom. The molecule has 2 saturated heterocycles. The second kappa shape index (κ2) is 7.59. The standard InChI is InChI=1S/C21H25N5O3/c27-20-13-26(8-6-23-20)21(28)17-9-15-3-7-25(12-18(15)17)11-16-10-19(24-29-16)14-1-4-22-5-2-14/h1-2,4-5,10,15,17-18H,3,6-9,11-13H2,(H,23,27)/t15-,17-,18-/m1/s1. The van der Waals surface area contributed by atoms with Crippen LogP contribution >= 0.6 is 0 Å². The number of aromatic nitrogens is 2. The van der Waals surface area contributed by atoms with Crippen LogP contribution in [0, 0.1) is 17.8 Å². The highest BCUT2D eigenvalue weighted by Gasteiger charge is 2.49. The summed E-state index contributed by atoms with van der Waals surface area (Å²) in [5, 5.41) is 6.97. The summed E-state index contributed by atoms with van der Waals surface area (Å²) < 4.78 is 5.55. The second-order valence-electron chi connectivity index (χ2n) is 8.31. The molecule has 8 nitrogen and oxygen atoms in total. The van der Waals surface area contributed by atoms with E-state index in [9.17, 15) is 9.59 Å². The molecule has 0 bridgehead atoms. The summed E-state index contributed by atoms with van der Waals surface area (Å²) in [5.41, 5.74) is 1.81. The maximum atomic E-state index is 12.9. The maximum absolute atomic E-state index is 12.9. The van der Waals surface area contributed by atoms with Gasteiger partial charge in [-0.3, -0.25) is 19.5 Å². The molecule has 2 aromatic rings. The monoisotopic (exact) mass is 395 g/mol. The van der Waals surface area contributed by atoms with Gasteiger partial charge in [0.25, 0.3) is 0 Å². The lowest BCUT2D eigenvalue weighted by Crippen LogP contribution is -2.58. The van der Waals surface area contributed by atoms with Crippen LogP contribution in [0.3, 0.4) is 0 Å². The Hall–Kier alpha value is -2.74. The molecule has 1 aliphatic carbocycles. The van der Waals surface area contributed by atoms with Crippen molar-refractivity contribution in [1.82, 2.24) is 25.3 Å². The number of hydrogen-bond donors (Lipinski definition) is 1. The van der Waals surface area contributed by atoms with E-state index in [1.807, 2.05) is 18.2 Å². The Morgan fingerprint density at radius 2 is 2.14 bits per heavy atom. The summed E-state index contributed by atoms with van der Waals surface area (Å²) in [6.45, 7) is 3.99. The van der Waals surface area contributed by atoms with Gasteiger partial charge in [0.2, 0.25) is 11.8 Å². The third-order valence-electron chi connectivity index (χ3n) is 6.55. The summed E-state index contributed by atoms with van der Waals surface area (Å²) in [7, 11) is 0. The van der Waals surface area contributed by atoms with Gasteiger partial charge in [0.15, 0.2) is 5.76 Å². The zero-order chi connectivity index (χ0) is 19.8. The highest BCUT2D eigenvalue weighted by atomic mass is 16.5. The number of nitrogens with zero attached hydrogens (tertiary/aromatic N) is 4. The molecular formula is C21H25N5O3. The average Bonchev–Trinajstić information content (AvgIpc) is 3.19. The van der Waals surface area contributed by atoms with Crippen molar-refractivity contribution in [3.63, 3.8) is 0 Å². The quantitative estimate of drug-likeness (QED) is 0.835. The number of carbonyl (C=O) groups excluding carboxylic acids is 2. The maximum Gasteiger partial charge on any atom is 0.239 e. The van der Waals surface area contributed by atoms with Gasteiger partial charge in [-0.15, -0.1) is 0 Å². The number of hydrogen-bond acceptors (Lipinski definition) is 6. The van der Waals surface area contributed by atoms with E-state index in [2.05, 4.69) is 20.4 Å². The Kier molecular flexibility index (Phi) is 4.79. The molecule has 0 radical (unpaired) electrons. The molecule has 3 fully saturated rings. The van der Waals surface area contributed by atoms with Crippen molar-refractivity contribution in [2.75, 3.05) is 32.7 Å². The fourth-order valence-electron chi connectivity index (χ4n) is 4.91. The number of likely N-dealkylation sites (tertiary alicyclic amines) is 1. The van der Waals surface area contributed by atoms with Gasteiger partial charge in [0, 0.05) is 49.6 Å². The van der Waals surface area contributed by atoms with Gasteiger partial charge in [-0.25, -0.2) is 0 Å². The number of piperazine rings is 1. The Balaban J connectivity index is 1.20. The van der Waals surface area contributed by atoms with Crippen molar-refractivity contribution < 1.29 is 14.1 Å². The minimum absolute atomic E-state index is 0.0517. The molecule has 29 heavy (non-hydrogen) atoms.